The van der Waals surface area contributed by atoms with E-state index in [1.54, 1.807) is 13.2 Å². The van der Waals surface area contributed by atoms with Gasteiger partial charge in [0.1, 0.15) is 0 Å². The normalized spacial score (nSPS) is 14.5. The van der Waals surface area contributed by atoms with Gasteiger partial charge in [-0.25, -0.2) is 0 Å². The van der Waals surface area contributed by atoms with Crippen LogP contribution in [-0.4, -0.2) is 38.4 Å². The number of hydrogen-bond donors (Lipinski definition) is 2. The molecule has 0 aliphatic heterocycles. The fraction of sp³-hybridized carbons (Fsp3) is 0.571. The minimum absolute atomic E-state index is 0.159. The third-order valence-corrected chi connectivity index (χ3v) is 3.22. The van der Waals surface area contributed by atoms with Crippen molar-refractivity contribution in [1.82, 2.24) is 15.5 Å². The molecule has 84 valence electrons. The van der Waals surface area contributed by atoms with Gasteiger partial charge in [-0.3, -0.25) is 9.00 Å². The van der Waals surface area contributed by atoms with Crippen LogP contribution in [0.5, 0.6) is 0 Å². The predicted molar refractivity (Wildman–Crippen MR) is 60.2 cm³/mol. The number of nitrogens with one attached hydrogen (secondary N) is 1. The van der Waals surface area contributed by atoms with E-state index in [9.17, 15) is 9.00 Å². The Morgan fingerprint density at radius 2 is 2.33 bits per heavy atom. The summed E-state index contributed by atoms with van der Waals surface area (Å²) in [6.45, 7) is 1.78. The summed E-state index contributed by atoms with van der Waals surface area (Å²) >= 11 is 1.02. The molecule has 15 heavy (non-hydrogen) atoms. The smallest absolute Gasteiger partial charge is 0.282 e. The number of anilines is 1. The van der Waals surface area contributed by atoms with Crippen molar-refractivity contribution < 1.29 is 9.00 Å². The molecule has 2 atom stereocenters. The molecular formula is C7H12N4O2S2. The van der Waals surface area contributed by atoms with Crippen LogP contribution in [0.3, 0.4) is 0 Å². The Morgan fingerprint density at radius 3 is 2.80 bits per heavy atom. The number of nitrogen functional groups attached to an aromatic ring is 1. The van der Waals surface area contributed by atoms with Crippen molar-refractivity contribution in [2.24, 2.45) is 0 Å². The molecule has 1 rings (SSSR count). The Kier molecular flexibility index (Phi) is 4.15. The standard InChI is InChI=1S/C7H12N4O2S2/c1-4(3-15(2)13)9-5(12)6-10-11-7(8)14-6/h4H,3H2,1-2H3,(H2,8,11)(H,9,12). The Balaban J connectivity index is 2.52. The van der Waals surface area contributed by atoms with Crippen LogP contribution < -0.4 is 11.1 Å². The van der Waals surface area contributed by atoms with Crippen molar-refractivity contribution in [2.75, 3.05) is 17.7 Å². The fourth-order valence-corrected chi connectivity index (χ4v) is 2.31. The van der Waals surface area contributed by atoms with E-state index in [1.165, 1.54) is 0 Å². The number of carbonyl (C=O) groups excluding carboxylic acids is 1. The average Bonchev–Trinajstić information content (AvgIpc) is 2.49. The molecule has 1 heterocycles. The SMILES string of the molecule is CC(CS(C)=O)NC(=O)c1nnc(N)s1. The second-order valence-electron chi connectivity index (χ2n) is 3.06. The summed E-state index contributed by atoms with van der Waals surface area (Å²) < 4.78 is 10.9. The van der Waals surface area contributed by atoms with E-state index < -0.39 is 10.8 Å². The van der Waals surface area contributed by atoms with Crippen LogP contribution in [0.4, 0.5) is 5.13 Å². The van der Waals surface area contributed by atoms with Crippen molar-refractivity contribution in [1.29, 1.82) is 0 Å². The molecule has 1 aromatic heterocycles. The van der Waals surface area contributed by atoms with Gasteiger partial charge in [0.2, 0.25) is 10.1 Å². The van der Waals surface area contributed by atoms with Crippen molar-refractivity contribution in [2.45, 2.75) is 13.0 Å². The number of amides is 1. The fourth-order valence-electron chi connectivity index (χ4n) is 1.01. The highest BCUT2D eigenvalue weighted by atomic mass is 32.2. The molecule has 1 aromatic rings. The lowest BCUT2D eigenvalue weighted by atomic mass is 10.4. The molecule has 0 saturated heterocycles. The second kappa shape index (κ2) is 5.17. The number of hydrogen-bond acceptors (Lipinski definition) is 6. The van der Waals surface area contributed by atoms with Gasteiger partial charge in [0.15, 0.2) is 0 Å². The number of rotatable bonds is 4. The molecule has 3 N–H and O–H groups in total. The molecule has 1 amide bonds. The van der Waals surface area contributed by atoms with Crippen LogP contribution in [0.1, 0.15) is 16.7 Å². The van der Waals surface area contributed by atoms with Crippen LogP contribution in [0.25, 0.3) is 0 Å². The van der Waals surface area contributed by atoms with Crippen LogP contribution in [0.2, 0.25) is 0 Å². The van der Waals surface area contributed by atoms with E-state index in [-0.39, 0.29) is 22.1 Å². The van der Waals surface area contributed by atoms with E-state index in [4.69, 9.17) is 5.73 Å². The van der Waals surface area contributed by atoms with E-state index in [1.807, 2.05) is 0 Å². The number of aromatic nitrogens is 2. The first kappa shape index (κ1) is 12.1. The summed E-state index contributed by atoms with van der Waals surface area (Å²) in [6, 6.07) is -0.159. The highest BCUT2D eigenvalue weighted by Crippen LogP contribution is 2.10. The third-order valence-electron chi connectivity index (χ3n) is 1.50. The molecule has 8 heteroatoms. The predicted octanol–water partition coefficient (Wildman–Crippen LogP) is -0.383. The molecule has 0 saturated carbocycles. The quantitative estimate of drug-likeness (QED) is 0.756. The van der Waals surface area contributed by atoms with E-state index in [0.717, 1.165) is 11.3 Å². The molecular weight excluding hydrogens is 236 g/mol. The minimum atomic E-state index is -0.935. The molecule has 0 aliphatic rings. The van der Waals surface area contributed by atoms with Gasteiger partial charge in [0.05, 0.1) is 0 Å². The van der Waals surface area contributed by atoms with Crippen LogP contribution in [-0.2, 0) is 10.8 Å². The lowest BCUT2D eigenvalue weighted by Gasteiger charge is -2.10. The molecule has 0 bridgehead atoms. The summed E-state index contributed by atoms with van der Waals surface area (Å²) in [5.74, 6) is 0.0853. The van der Waals surface area contributed by atoms with Crippen molar-refractivity contribution >= 4 is 33.2 Å². The highest BCUT2D eigenvalue weighted by molar-refractivity contribution is 7.84. The van der Waals surface area contributed by atoms with Crippen LogP contribution in [0, 0.1) is 0 Å². The molecule has 0 aliphatic carbocycles. The summed E-state index contributed by atoms with van der Waals surface area (Å²) in [5.41, 5.74) is 5.34. The van der Waals surface area contributed by atoms with Gasteiger partial charge in [0, 0.05) is 28.9 Å². The first-order valence-electron chi connectivity index (χ1n) is 4.19. The molecule has 0 aromatic carbocycles. The summed E-state index contributed by atoms with van der Waals surface area (Å²) in [4.78, 5) is 11.5. The first-order chi connectivity index (χ1) is 6.99. The molecule has 6 nitrogen and oxygen atoms in total. The van der Waals surface area contributed by atoms with E-state index >= 15 is 0 Å². The lowest BCUT2D eigenvalue weighted by Crippen LogP contribution is -2.36. The molecule has 2 unspecified atom stereocenters. The highest BCUT2D eigenvalue weighted by Gasteiger charge is 2.14. The van der Waals surface area contributed by atoms with Crippen molar-refractivity contribution in [3.8, 4) is 0 Å². The largest absolute Gasteiger partial charge is 0.374 e. The Morgan fingerprint density at radius 1 is 1.67 bits per heavy atom. The van der Waals surface area contributed by atoms with Gasteiger partial charge in [-0.15, -0.1) is 10.2 Å². The lowest BCUT2D eigenvalue weighted by molar-refractivity contribution is 0.0942. The van der Waals surface area contributed by atoms with E-state index in [2.05, 4.69) is 15.5 Å². The maximum atomic E-state index is 11.5. The first-order valence-corrected chi connectivity index (χ1v) is 6.73. The van der Waals surface area contributed by atoms with Crippen molar-refractivity contribution in [3.05, 3.63) is 5.01 Å². The van der Waals surface area contributed by atoms with Gasteiger partial charge in [-0.2, -0.15) is 0 Å². The zero-order valence-corrected chi connectivity index (χ0v) is 10.0. The topological polar surface area (TPSA) is 98.0 Å². The maximum absolute atomic E-state index is 11.5. The van der Waals surface area contributed by atoms with Gasteiger partial charge < -0.3 is 11.1 Å². The molecule has 0 radical (unpaired) electrons. The van der Waals surface area contributed by atoms with Crippen molar-refractivity contribution in [3.63, 3.8) is 0 Å². The number of carbonyl (C=O) groups is 1. The molecule has 0 spiro atoms. The van der Waals surface area contributed by atoms with Gasteiger partial charge in [-0.05, 0) is 6.92 Å². The summed E-state index contributed by atoms with van der Waals surface area (Å²) in [7, 11) is -0.935. The Hall–Kier alpha value is -1.02. The molecule has 0 fully saturated rings. The van der Waals surface area contributed by atoms with E-state index in [0.29, 0.717) is 5.75 Å². The maximum Gasteiger partial charge on any atom is 0.282 e. The average molecular weight is 248 g/mol. The number of nitrogens with two attached hydrogens (primary N) is 1. The third kappa shape index (κ3) is 3.92. The van der Waals surface area contributed by atoms with Crippen LogP contribution >= 0.6 is 11.3 Å². The Bertz CT molecular complexity index is 379. The van der Waals surface area contributed by atoms with Gasteiger partial charge in [0.25, 0.3) is 5.91 Å². The Labute approximate surface area is 93.7 Å². The summed E-state index contributed by atoms with van der Waals surface area (Å²) in [5, 5.41) is 10.3. The zero-order chi connectivity index (χ0) is 11.4. The monoisotopic (exact) mass is 248 g/mol. The number of nitrogens with zero attached hydrogens (tertiary/aromatic N) is 2. The second-order valence-corrected chi connectivity index (χ2v) is 5.55. The zero-order valence-electron chi connectivity index (χ0n) is 8.39. The van der Waals surface area contributed by atoms with Gasteiger partial charge in [-0.1, -0.05) is 11.3 Å². The van der Waals surface area contributed by atoms with Crippen LogP contribution in [0.15, 0.2) is 0 Å². The summed E-state index contributed by atoms with van der Waals surface area (Å²) in [6.07, 6.45) is 1.59. The van der Waals surface area contributed by atoms with Gasteiger partial charge >= 0.3 is 0 Å². The minimum Gasteiger partial charge on any atom is -0.374 e.